The second-order valence-corrected chi connectivity index (χ2v) is 5.21. The SMILES string of the molecule is CCCC[C@@](Cc1ccc(O)cc1)(N=S(=O)=O)C(=O)O. The number of aliphatic carboxylic acids is 1. The molecule has 0 fully saturated rings. The number of unbranched alkanes of at least 4 members (excludes halogenated alkanes) is 1. The molecule has 1 aromatic rings. The molecular formula is C13H17NO5S. The summed E-state index contributed by atoms with van der Waals surface area (Å²) in [6.45, 7) is 1.89. The van der Waals surface area contributed by atoms with Crippen LogP contribution in [0, 0.1) is 0 Å². The van der Waals surface area contributed by atoms with Crippen molar-refractivity contribution in [3.63, 3.8) is 0 Å². The van der Waals surface area contributed by atoms with Crippen LogP contribution in [0.4, 0.5) is 0 Å². The molecule has 7 heteroatoms. The van der Waals surface area contributed by atoms with E-state index in [1.807, 2.05) is 6.92 Å². The fourth-order valence-corrected chi connectivity index (χ4v) is 2.47. The average molecular weight is 299 g/mol. The van der Waals surface area contributed by atoms with Gasteiger partial charge in [0.05, 0.1) is 0 Å². The standard InChI is InChI=1S/C13H17NO5S/c1-2-3-8-13(12(16)17,14-20(18)19)9-10-4-6-11(15)7-5-10/h4-7,15H,2-3,8-9H2,1H3,(H,16,17)/t13-/m0/s1. The zero-order valence-corrected chi connectivity index (χ0v) is 11.9. The fraction of sp³-hybridized carbons (Fsp3) is 0.462. The number of nitrogens with zero attached hydrogens (tertiary/aromatic N) is 1. The number of carbonyl (C=O) groups is 1. The summed E-state index contributed by atoms with van der Waals surface area (Å²) in [5.74, 6) is -1.20. The van der Waals surface area contributed by atoms with Crippen molar-refractivity contribution < 1.29 is 23.4 Å². The van der Waals surface area contributed by atoms with E-state index >= 15 is 0 Å². The maximum absolute atomic E-state index is 11.5. The smallest absolute Gasteiger partial charge is 0.333 e. The number of carboxylic acids is 1. The highest BCUT2D eigenvalue weighted by Crippen LogP contribution is 2.26. The zero-order chi connectivity index (χ0) is 15.2. The Kier molecular flexibility index (Phi) is 5.69. The minimum absolute atomic E-state index is 0.0312. The van der Waals surface area contributed by atoms with E-state index in [9.17, 15) is 23.4 Å². The second-order valence-electron chi connectivity index (χ2n) is 4.59. The number of carboxylic acid groups (broad SMARTS) is 1. The lowest BCUT2D eigenvalue weighted by Gasteiger charge is -2.23. The number of hydrogen-bond acceptors (Lipinski definition) is 5. The van der Waals surface area contributed by atoms with Crippen LogP contribution in [0.5, 0.6) is 5.75 Å². The molecule has 1 aromatic carbocycles. The predicted octanol–water partition coefficient (Wildman–Crippen LogP) is 2.01. The van der Waals surface area contributed by atoms with Crippen LogP contribution >= 0.6 is 0 Å². The Balaban J connectivity index is 3.17. The summed E-state index contributed by atoms with van der Waals surface area (Å²) in [4.78, 5) is 11.5. The minimum Gasteiger partial charge on any atom is -0.508 e. The molecule has 0 amide bonds. The van der Waals surface area contributed by atoms with Gasteiger partial charge in [-0.3, -0.25) is 0 Å². The zero-order valence-electron chi connectivity index (χ0n) is 11.1. The van der Waals surface area contributed by atoms with Crippen LogP contribution in [0.25, 0.3) is 0 Å². The van der Waals surface area contributed by atoms with Gasteiger partial charge in [0.25, 0.3) is 0 Å². The summed E-state index contributed by atoms with van der Waals surface area (Å²) < 4.78 is 25.1. The third-order valence-corrected chi connectivity index (χ3v) is 3.52. The van der Waals surface area contributed by atoms with Gasteiger partial charge in [-0.1, -0.05) is 31.9 Å². The van der Waals surface area contributed by atoms with E-state index < -0.39 is 22.0 Å². The largest absolute Gasteiger partial charge is 0.508 e. The Hall–Kier alpha value is -1.89. The maximum Gasteiger partial charge on any atom is 0.333 e. The molecule has 6 nitrogen and oxygen atoms in total. The third-order valence-electron chi connectivity index (χ3n) is 3.02. The topological polar surface area (TPSA) is 104 Å². The van der Waals surface area contributed by atoms with Crippen molar-refractivity contribution in [2.24, 2.45) is 4.36 Å². The van der Waals surface area contributed by atoms with Gasteiger partial charge in [-0.25, -0.2) is 4.79 Å². The van der Waals surface area contributed by atoms with Crippen LogP contribution < -0.4 is 0 Å². The molecule has 0 aliphatic heterocycles. The molecule has 0 aliphatic rings. The maximum atomic E-state index is 11.5. The highest BCUT2D eigenvalue weighted by molar-refractivity contribution is 7.61. The first-order valence-corrected chi connectivity index (χ1v) is 7.26. The van der Waals surface area contributed by atoms with Crippen molar-refractivity contribution in [2.75, 3.05) is 0 Å². The summed E-state index contributed by atoms with van der Waals surface area (Å²) in [6, 6.07) is 5.97. The lowest BCUT2D eigenvalue weighted by molar-refractivity contribution is -0.143. The quantitative estimate of drug-likeness (QED) is 0.801. The van der Waals surface area contributed by atoms with Gasteiger partial charge >= 0.3 is 16.5 Å². The first-order valence-electron chi connectivity index (χ1n) is 6.23. The van der Waals surface area contributed by atoms with E-state index in [1.165, 1.54) is 12.1 Å². The third kappa shape index (κ3) is 4.34. The Morgan fingerprint density at radius 2 is 1.90 bits per heavy atom. The van der Waals surface area contributed by atoms with Crippen molar-refractivity contribution in [3.8, 4) is 5.75 Å². The summed E-state index contributed by atoms with van der Waals surface area (Å²) in [6.07, 6.45) is 1.42. The molecule has 0 bridgehead atoms. The predicted molar refractivity (Wildman–Crippen MR) is 73.1 cm³/mol. The van der Waals surface area contributed by atoms with E-state index in [4.69, 9.17) is 0 Å². The number of phenolic OH excluding ortho intramolecular Hbond substituents is 1. The van der Waals surface area contributed by atoms with Crippen molar-refractivity contribution in [1.82, 2.24) is 0 Å². The molecule has 0 saturated heterocycles. The first kappa shape index (κ1) is 16.2. The average Bonchev–Trinajstić information content (AvgIpc) is 2.38. The van der Waals surface area contributed by atoms with Gasteiger partial charge < -0.3 is 10.2 Å². The molecule has 0 radical (unpaired) electrons. The van der Waals surface area contributed by atoms with Gasteiger partial charge in [-0.15, -0.1) is 0 Å². The molecule has 1 rings (SSSR count). The molecule has 2 N–H and O–H groups in total. The molecule has 1 atom stereocenters. The highest BCUT2D eigenvalue weighted by Gasteiger charge is 2.39. The van der Waals surface area contributed by atoms with Crippen LogP contribution in [0.3, 0.4) is 0 Å². The molecule has 20 heavy (non-hydrogen) atoms. The molecule has 0 aromatic heterocycles. The number of benzene rings is 1. The minimum atomic E-state index is -2.79. The van der Waals surface area contributed by atoms with Crippen molar-refractivity contribution >= 4 is 16.5 Å². The molecule has 0 heterocycles. The monoisotopic (exact) mass is 299 g/mol. The van der Waals surface area contributed by atoms with Crippen molar-refractivity contribution in [2.45, 2.75) is 38.1 Å². The molecule has 0 unspecified atom stereocenters. The van der Waals surface area contributed by atoms with E-state index in [-0.39, 0.29) is 18.6 Å². The fourth-order valence-electron chi connectivity index (χ4n) is 1.95. The number of rotatable bonds is 7. The Morgan fingerprint density at radius 3 is 2.35 bits per heavy atom. The molecular weight excluding hydrogens is 282 g/mol. The normalized spacial score (nSPS) is 13.4. The van der Waals surface area contributed by atoms with Gasteiger partial charge in [0.15, 0.2) is 5.54 Å². The Morgan fingerprint density at radius 1 is 1.30 bits per heavy atom. The molecule has 0 aliphatic carbocycles. The van der Waals surface area contributed by atoms with Gasteiger partial charge in [-0.05, 0) is 24.1 Å². The van der Waals surface area contributed by atoms with Crippen LogP contribution in [0.15, 0.2) is 28.6 Å². The number of hydrogen-bond donors (Lipinski definition) is 2. The Labute approximate surface area is 118 Å². The van der Waals surface area contributed by atoms with Gasteiger partial charge in [-0.2, -0.15) is 12.8 Å². The summed E-state index contributed by atoms with van der Waals surface area (Å²) in [5.41, 5.74) is -1.07. The van der Waals surface area contributed by atoms with Gasteiger partial charge in [0.2, 0.25) is 0 Å². The summed E-state index contributed by atoms with van der Waals surface area (Å²) >= 11 is 0. The molecule has 0 spiro atoms. The summed E-state index contributed by atoms with van der Waals surface area (Å²) in [5, 5.41) is 18.6. The summed E-state index contributed by atoms with van der Waals surface area (Å²) in [7, 11) is -2.79. The van der Waals surface area contributed by atoms with E-state index in [0.717, 1.165) is 6.42 Å². The van der Waals surface area contributed by atoms with E-state index in [2.05, 4.69) is 4.36 Å². The first-order chi connectivity index (χ1) is 9.39. The lowest BCUT2D eigenvalue weighted by atomic mass is 9.87. The molecule has 0 saturated carbocycles. The number of phenols is 1. The van der Waals surface area contributed by atoms with Crippen LogP contribution in [-0.2, 0) is 21.7 Å². The Bertz CT molecular complexity index is 586. The van der Waals surface area contributed by atoms with E-state index in [0.29, 0.717) is 12.0 Å². The number of aromatic hydroxyl groups is 1. The van der Waals surface area contributed by atoms with E-state index in [1.54, 1.807) is 12.1 Å². The van der Waals surface area contributed by atoms with Crippen molar-refractivity contribution in [1.29, 1.82) is 0 Å². The van der Waals surface area contributed by atoms with Crippen LogP contribution in [0.2, 0.25) is 0 Å². The van der Waals surface area contributed by atoms with Crippen molar-refractivity contribution in [3.05, 3.63) is 29.8 Å². The highest BCUT2D eigenvalue weighted by atomic mass is 32.2. The van der Waals surface area contributed by atoms with Gasteiger partial charge in [0.1, 0.15) is 5.75 Å². The lowest BCUT2D eigenvalue weighted by Crippen LogP contribution is -2.39. The van der Waals surface area contributed by atoms with Crippen LogP contribution in [-0.4, -0.2) is 30.1 Å². The van der Waals surface area contributed by atoms with Crippen LogP contribution in [0.1, 0.15) is 31.7 Å². The second kappa shape index (κ2) is 7.04. The van der Waals surface area contributed by atoms with Gasteiger partial charge in [0, 0.05) is 6.42 Å². The molecule has 110 valence electrons.